The second-order valence-electron chi connectivity index (χ2n) is 3.30. The van der Waals surface area contributed by atoms with Gasteiger partial charge < -0.3 is 4.74 Å². The third-order valence-corrected chi connectivity index (χ3v) is 2.48. The highest BCUT2D eigenvalue weighted by Crippen LogP contribution is 2.30. The van der Waals surface area contributed by atoms with E-state index in [9.17, 15) is 4.91 Å². The fourth-order valence-electron chi connectivity index (χ4n) is 1.77. The van der Waals surface area contributed by atoms with E-state index in [1.54, 1.807) is 7.11 Å². The van der Waals surface area contributed by atoms with Gasteiger partial charge in [-0.05, 0) is 36.6 Å². The van der Waals surface area contributed by atoms with E-state index in [-0.39, 0.29) is 0 Å². The van der Waals surface area contributed by atoms with Crippen LogP contribution in [0.25, 0.3) is 0 Å². The normalized spacial score (nSPS) is 14.8. The van der Waals surface area contributed by atoms with Gasteiger partial charge in [-0.15, -0.1) is 4.91 Å². The summed E-state index contributed by atoms with van der Waals surface area (Å²) in [6.45, 7) is 0.711. The van der Waals surface area contributed by atoms with E-state index < -0.39 is 0 Å². The molecule has 0 atom stereocenters. The summed E-state index contributed by atoms with van der Waals surface area (Å²) in [7, 11) is 1.64. The van der Waals surface area contributed by atoms with Crippen molar-refractivity contribution in [3.05, 3.63) is 28.7 Å². The maximum Gasteiger partial charge on any atom is 0.119 e. The number of fused-ring (bicyclic) bond motifs is 1. The number of nitroso groups, excluding NO2 is 1. The largest absolute Gasteiger partial charge is 0.497 e. The first kappa shape index (κ1) is 8.99. The molecule has 1 heterocycles. The van der Waals surface area contributed by atoms with Crippen LogP contribution >= 0.6 is 0 Å². The first-order chi connectivity index (χ1) is 6.85. The summed E-state index contributed by atoms with van der Waals surface area (Å²) in [6, 6.07) is 5.70. The SMILES string of the molecule is COc1ccc2c(c1)CCCN2N=O. The zero-order valence-electron chi connectivity index (χ0n) is 8.06. The van der Waals surface area contributed by atoms with Gasteiger partial charge in [0.25, 0.3) is 0 Å². The molecule has 1 aromatic carbocycles. The van der Waals surface area contributed by atoms with E-state index in [0.29, 0.717) is 6.54 Å². The lowest BCUT2D eigenvalue weighted by Crippen LogP contribution is -2.23. The summed E-state index contributed by atoms with van der Waals surface area (Å²) in [5, 5.41) is 4.49. The molecule has 0 bridgehead atoms. The van der Waals surface area contributed by atoms with Gasteiger partial charge in [0.2, 0.25) is 0 Å². The standard InChI is InChI=1S/C10H12N2O2/c1-14-9-4-5-10-8(7-9)3-2-6-12(10)11-13/h4-5,7H,2-3,6H2,1H3. The minimum Gasteiger partial charge on any atom is -0.497 e. The van der Waals surface area contributed by atoms with Crippen LogP contribution in [-0.4, -0.2) is 13.7 Å². The van der Waals surface area contributed by atoms with Crippen molar-refractivity contribution in [3.63, 3.8) is 0 Å². The van der Waals surface area contributed by atoms with E-state index in [4.69, 9.17) is 4.74 Å². The van der Waals surface area contributed by atoms with Gasteiger partial charge in [0.1, 0.15) is 5.75 Å². The van der Waals surface area contributed by atoms with Crippen molar-refractivity contribution in [1.82, 2.24) is 0 Å². The predicted molar refractivity (Wildman–Crippen MR) is 54.5 cm³/mol. The van der Waals surface area contributed by atoms with Crippen molar-refractivity contribution >= 4 is 5.69 Å². The lowest BCUT2D eigenvalue weighted by molar-refractivity contribution is 0.414. The molecule has 0 aliphatic carbocycles. The Hall–Kier alpha value is -1.58. The average Bonchev–Trinajstić information content (AvgIpc) is 2.27. The number of nitrogens with zero attached hydrogens (tertiary/aromatic N) is 2. The number of aryl methyl sites for hydroxylation is 1. The quantitative estimate of drug-likeness (QED) is 0.674. The minimum atomic E-state index is 0.711. The average molecular weight is 192 g/mol. The van der Waals surface area contributed by atoms with Crippen molar-refractivity contribution in [2.24, 2.45) is 5.29 Å². The highest BCUT2D eigenvalue weighted by Gasteiger charge is 2.17. The van der Waals surface area contributed by atoms with Gasteiger partial charge in [0, 0.05) is 6.54 Å². The Labute approximate surface area is 82.4 Å². The van der Waals surface area contributed by atoms with Crippen LogP contribution in [0.1, 0.15) is 12.0 Å². The number of hydrogen-bond donors (Lipinski definition) is 0. The zero-order valence-corrected chi connectivity index (χ0v) is 8.06. The molecular formula is C10H12N2O2. The lowest BCUT2D eigenvalue weighted by Gasteiger charge is -2.24. The van der Waals surface area contributed by atoms with Crippen molar-refractivity contribution in [3.8, 4) is 5.75 Å². The van der Waals surface area contributed by atoms with Crippen LogP contribution in [0.5, 0.6) is 5.75 Å². The Bertz CT molecular complexity index is 352. The molecule has 4 heteroatoms. The van der Waals surface area contributed by atoms with Crippen LogP contribution in [0.15, 0.2) is 23.5 Å². The minimum absolute atomic E-state index is 0.711. The van der Waals surface area contributed by atoms with Gasteiger partial charge in [0.15, 0.2) is 0 Å². The summed E-state index contributed by atoms with van der Waals surface area (Å²) in [6.07, 6.45) is 1.95. The number of ether oxygens (including phenoxy) is 1. The Morgan fingerprint density at radius 3 is 3.07 bits per heavy atom. The van der Waals surface area contributed by atoms with Crippen LogP contribution in [0.2, 0.25) is 0 Å². The molecule has 0 saturated heterocycles. The predicted octanol–water partition coefficient (Wildman–Crippen LogP) is 2.13. The summed E-state index contributed by atoms with van der Waals surface area (Å²) < 4.78 is 5.12. The zero-order chi connectivity index (χ0) is 9.97. The van der Waals surface area contributed by atoms with E-state index in [0.717, 1.165) is 29.8 Å². The molecule has 2 rings (SSSR count). The molecule has 1 aromatic rings. The maximum absolute atomic E-state index is 10.5. The number of benzene rings is 1. The smallest absolute Gasteiger partial charge is 0.119 e. The monoisotopic (exact) mass is 192 g/mol. The summed E-state index contributed by atoms with van der Waals surface area (Å²) in [5.74, 6) is 0.830. The molecule has 74 valence electrons. The molecule has 0 unspecified atom stereocenters. The van der Waals surface area contributed by atoms with E-state index in [1.807, 2.05) is 18.2 Å². The van der Waals surface area contributed by atoms with Crippen LogP contribution in [-0.2, 0) is 6.42 Å². The molecule has 0 aromatic heterocycles. The number of hydrogen-bond acceptors (Lipinski definition) is 3. The first-order valence-electron chi connectivity index (χ1n) is 4.63. The number of methoxy groups -OCH3 is 1. The van der Waals surface area contributed by atoms with E-state index in [1.165, 1.54) is 5.01 Å². The number of anilines is 1. The molecule has 1 aliphatic rings. The van der Waals surface area contributed by atoms with Crippen LogP contribution in [0.4, 0.5) is 5.69 Å². The molecule has 4 nitrogen and oxygen atoms in total. The van der Waals surface area contributed by atoms with E-state index >= 15 is 0 Å². The van der Waals surface area contributed by atoms with Crippen molar-refractivity contribution in [2.45, 2.75) is 12.8 Å². The molecule has 0 radical (unpaired) electrons. The van der Waals surface area contributed by atoms with Gasteiger partial charge in [-0.2, -0.15) is 0 Å². The fourth-order valence-corrected chi connectivity index (χ4v) is 1.77. The van der Waals surface area contributed by atoms with Gasteiger partial charge >= 0.3 is 0 Å². The Morgan fingerprint density at radius 1 is 1.50 bits per heavy atom. The second-order valence-corrected chi connectivity index (χ2v) is 3.30. The second kappa shape index (κ2) is 3.65. The molecular weight excluding hydrogens is 180 g/mol. The Balaban J connectivity index is 2.40. The lowest BCUT2D eigenvalue weighted by atomic mass is 10.0. The summed E-state index contributed by atoms with van der Waals surface area (Å²) >= 11 is 0. The Morgan fingerprint density at radius 2 is 2.36 bits per heavy atom. The summed E-state index contributed by atoms with van der Waals surface area (Å²) in [4.78, 5) is 10.5. The van der Waals surface area contributed by atoms with Gasteiger partial charge in [-0.25, -0.2) is 5.01 Å². The van der Waals surface area contributed by atoms with Crippen LogP contribution in [0, 0.1) is 4.91 Å². The van der Waals surface area contributed by atoms with Gasteiger partial charge in [0.05, 0.1) is 18.1 Å². The molecule has 0 saturated carbocycles. The highest BCUT2D eigenvalue weighted by atomic mass is 16.5. The Kier molecular flexibility index (Phi) is 2.35. The van der Waals surface area contributed by atoms with E-state index in [2.05, 4.69) is 5.29 Å². The molecule has 0 N–H and O–H groups in total. The van der Waals surface area contributed by atoms with Crippen molar-refractivity contribution in [2.75, 3.05) is 18.7 Å². The molecule has 0 fully saturated rings. The molecule has 0 amide bonds. The topological polar surface area (TPSA) is 41.9 Å². The van der Waals surface area contributed by atoms with Crippen molar-refractivity contribution in [1.29, 1.82) is 0 Å². The van der Waals surface area contributed by atoms with Crippen LogP contribution in [0.3, 0.4) is 0 Å². The fraction of sp³-hybridized carbons (Fsp3) is 0.400. The van der Waals surface area contributed by atoms with Gasteiger partial charge in [-0.1, -0.05) is 0 Å². The maximum atomic E-state index is 10.5. The first-order valence-corrected chi connectivity index (χ1v) is 4.63. The third kappa shape index (κ3) is 1.43. The summed E-state index contributed by atoms with van der Waals surface area (Å²) in [5.41, 5.74) is 2.04. The third-order valence-electron chi connectivity index (χ3n) is 2.48. The molecule has 0 spiro atoms. The van der Waals surface area contributed by atoms with Crippen molar-refractivity contribution < 1.29 is 4.74 Å². The molecule has 1 aliphatic heterocycles. The van der Waals surface area contributed by atoms with Crippen LogP contribution < -0.4 is 9.75 Å². The number of rotatable bonds is 2. The highest BCUT2D eigenvalue weighted by molar-refractivity contribution is 5.57. The molecule has 14 heavy (non-hydrogen) atoms. The van der Waals surface area contributed by atoms with Gasteiger partial charge in [-0.3, -0.25) is 0 Å².